The Morgan fingerprint density at radius 2 is 1.60 bits per heavy atom. The van der Waals surface area contributed by atoms with Crippen molar-refractivity contribution < 1.29 is 4.79 Å². The number of hydrogen-bond donors (Lipinski definition) is 1. The van der Waals surface area contributed by atoms with Gasteiger partial charge < -0.3 is 10.6 Å². The molecule has 0 aromatic heterocycles. The zero-order valence-corrected chi connectivity index (χ0v) is 12.5. The van der Waals surface area contributed by atoms with Gasteiger partial charge in [0.15, 0.2) is 0 Å². The third-order valence-corrected chi connectivity index (χ3v) is 4.09. The predicted molar refractivity (Wildman–Crippen MR) is 82.6 cm³/mol. The first-order valence-electron chi connectivity index (χ1n) is 7.33. The molecule has 4 heteroatoms. The van der Waals surface area contributed by atoms with Crippen LogP contribution in [0.1, 0.15) is 37.3 Å². The fourth-order valence-corrected chi connectivity index (χ4v) is 2.48. The third kappa shape index (κ3) is 3.97. The zero-order chi connectivity index (χ0) is 13.2. The molecule has 0 spiro atoms. The summed E-state index contributed by atoms with van der Waals surface area (Å²) in [6.45, 7) is 1.83. The third-order valence-electron chi connectivity index (χ3n) is 4.09. The maximum absolute atomic E-state index is 12.6. The lowest BCUT2D eigenvalue weighted by molar-refractivity contribution is -0.133. The smallest absolute Gasteiger partial charge is 0.244 e. The van der Waals surface area contributed by atoms with Crippen molar-refractivity contribution >= 4 is 18.3 Å². The van der Waals surface area contributed by atoms with Gasteiger partial charge in [0, 0.05) is 13.1 Å². The van der Waals surface area contributed by atoms with Gasteiger partial charge in [-0.25, -0.2) is 0 Å². The molecule has 1 amide bonds. The Labute approximate surface area is 126 Å². The molecule has 3 nitrogen and oxygen atoms in total. The van der Waals surface area contributed by atoms with E-state index in [9.17, 15) is 4.79 Å². The van der Waals surface area contributed by atoms with Crippen molar-refractivity contribution in [3.8, 4) is 0 Å². The molecule has 0 radical (unpaired) electrons. The van der Waals surface area contributed by atoms with Crippen molar-refractivity contribution in [2.75, 3.05) is 13.1 Å². The highest BCUT2D eigenvalue weighted by molar-refractivity contribution is 5.85. The molecule has 20 heavy (non-hydrogen) atoms. The van der Waals surface area contributed by atoms with E-state index < -0.39 is 6.04 Å². The molecule has 2 aliphatic rings. The fourth-order valence-electron chi connectivity index (χ4n) is 2.48. The summed E-state index contributed by atoms with van der Waals surface area (Å²) >= 11 is 0. The minimum atomic E-state index is -0.501. The van der Waals surface area contributed by atoms with Crippen molar-refractivity contribution in [1.82, 2.24) is 4.90 Å². The van der Waals surface area contributed by atoms with Gasteiger partial charge >= 0.3 is 0 Å². The number of halogens is 1. The molecule has 0 bridgehead atoms. The molecule has 110 valence electrons. The summed E-state index contributed by atoms with van der Waals surface area (Å²) in [7, 11) is 0. The van der Waals surface area contributed by atoms with Crippen LogP contribution in [0.2, 0.25) is 0 Å². The van der Waals surface area contributed by atoms with Gasteiger partial charge in [-0.05, 0) is 43.1 Å². The van der Waals surface area contributed by atoms with Gasteiger partial charge in [-0.3, -0.25) is 4.79 Å². The van der Waals surface area contributed by atoms with Crippen molar-refractivity contribution in [3.63, 3.8) is 0 Å². The summed E-state index contributed by atoms with van der Waals surface area (Å²) < 4.78 is 0. The minimum Gasteiger partial charge on any atom is -0.340 e. The largest absolute Gasteiger partial charge is 0.340 e. The lowest BCUT2D eigenvalue weighted by Crippen LogP contribution is -2.41. The van der Waals surface area contributed by atoms with Gasteiger partial charge in [0.2, 0.25) is 5.91 Å². The van der Waals surface area contributed by atoms with Gasteiger partial charge in [-0.15, -0.1) is 12.4 Å². The standard InChI is InChI=1S/C16H22N2O.ClH/c17-15(14-4-2-1-3-5-14)16(19)18(10-12-6-7-12)11-13-8-9-13;/h1-5,12-13,15H,6-11,17H2;1H. The second kappa shape index (κ2) is 6.59. The normalized spacial score (nSPS) is 19.1. The van der Waals surface area contributed by atoms with Crippen molar-refractivity contribution in [2.24, 2.45) is 17.6 Å². The Hall–Kier alpha value is -1.06. The van der Waals surface area contributed by atoms with E-state index in [0.717, 1.165) is 30.5 Å². The second-order valence-corrected chi connectivity index (χ2v) is 6.02. The molecule has 0 heterocycles. The monoisotopic (exact) mass is 294 g/mol. The van der Waals surface area contributed by atoms with Crippen LogP contribution in [0.15, 0.2) is 30.3 Å². The summed E-state index contributed by atoms with van der Waals surface area (Å²) in [5.41, 5.74) is 7.06. The molecule has 1 aromatic carbocycles. The zero-order valence-electron chi connectivity index (χ0n) is 11.7. The molecule has 0 aliphatic heterocycles. The van der Waals surface area contributed by atoms with Crippen LogP contribution in [-0.4, -0.2) is 23.9 Å². The maximum Gasteiger partial charge on any atom is 0.244 e. The van der Waals surface area contributed by atoms with Crippen LogP contribution in [0.5, 0.6) is 0 Å². The van der Waals surface area contributed by atoms with E-state index in [4.69, 9.17) is 5.73 Å². The van der Waals surface area contributed by atoms with Crippen LogP contribution < -0.4 is 5.73 Å². The van der Waals surface area contributed by atoms with Gasteiger partial charge in [0.05, 0.1) is 0 Å². The van der Waals surface area contributed by atoms with Crippen LogP contribution in [0, 0.1) is 11.8 Å². The first-order chi connectivity index (χ1) is 9.24. The first kappa shape index (κ1) is 15.3. The molecule has 1 atom stereocenters. The highest BCUT2D eigenvalue weighted by Crippen LogP contribution is 2.34. The van der Waals surface area contributed by atoms with E-state index in [-0.39, 0.29) is 18.3 Å². The molecular weight excluding hydrogens is 272 g/mol. The Balaban J connectivity index is 0.00000147. The minimum absolute atomic E-state index is 0. The van der Waals surface area contributed by atoms with Crippen LogP contribution in [0.25, 0.3) is 0 Å². The Morgan fingerprint density at radius 3 is 2.05 bits per heavy atom. The summed E-state index contributed by atoms with van der Waals surface area (Å²) in [5, 5.41) is 0. The van der Waals surface area contributed by atoms with Gasteiger partial charge in [0.1, 0.15) is 6.04 Å². The number of nitrogens with two attached hydrogens (primary N) is 1. The Bertz CT molecular complexity index is 429. The maximum atomic E-state index is 12.6. The quantitative estimate of drug-likeness (QED) is 0.877. The van der Waals surface area contributed by atoms with E-state index in [2.05, 4.69) is 0 Å². The summed E-state index contributed by atoms with van der Waals surface area (Å²) in [6.07, 6.45) is 5.09. The molecule has 2 N–H and O–H groups in total. The van der Waals surface area contributed by atoms with Crippen molar-refractivity contribution in [3.05, 3.63) is 35.9 Å². The lowest BCUT2D eigenvalue weighted by Gasteiger charge is -2.26. The van der Waals surface area contributed by atoms with E-state index in [1.54, 1.807) is 0 Å². The van der Waals surface area contributed by atoms with Crippen molar-refractivity contribution in [1.29, 1.82) is 0 Å². The van der Waals surface area contributed by atoms with Crippen LogP contribution in [-0.2, 0) is 4.79 Å². The van der Waals surface area contributed by atoms with E-state index in [1.807, 2.05) is 35.2 Å². The number of carbonyl (C=O) groups excluding carboxylic acids is 1. The number of rotatable bonds is 6. The van der Waals surface area contributed by atoms with E-state index >= 15 is 0 Å². The molecule has 3 rings (SSSR count). The van der Waals surface area contributed by atoms with Crippen LogP contribution in [0.3, 0.4) is 0 Å². The number of nitrogens with zero attached hydrogens (tertiary/aromatic N) is 1. The SMILES string of the molecule is Cl.NC(C(=O)N(CC1CC1)CC1CC1)c1ccccc1. The van der Waals surface area contributed by atoms with E-state index in [1.165, 1.54) is 25.7 Å². The fraction of sp³-hybridized carbons (Fsp3) is 0.562. The van der Waals surface area contributed by atoms with Gasteiger partial charge in [-0.1, -0.05) is 30.3 Å². The molecule has 1 aromatic rings. The topological polar surface area (TPSA) is 46.3 Å². The number of amides is 1. The summed E-state index contributed by atoms with van der Waals surface area (Å²) in [4.78, 5) is 14.6. The number of benzene rings is 1. The summed E-state index contributed by atoms with van der Waals surface area (Å²) in [5.74, 6) is 1.56. The van der Waals surface area contributed by atoms with E-state index in [0.29, 0.717) is 0 Å². The number of carbonyl (C=O) groups is 1. The van der Waals surface area contributed by atoms with Crippen LogP contribution in [0.4, 0.5) is 0 Å². The average molecular weight is 295 g/mol. The number of hydrogen-bond acceptors (Lipinski definition) is 2. The Kier molecular flexibility index (Phi) is 5.06. The van der Waals surface area contributed by atoms with Gasteiger partial charge in [-0.2, -0.15) is 0 Å². The molecule has 0 saturated heterocycles. The molecule has 2 fully saturated rings. The first-order valence-corrected chi connectivity index (χ1v) is 7.33. The average Bonchev–Trinajstić information content (AvgIpc) is 3.32. The molecule has 1 unspecified atom stereocenters. The molecule has 2 saturated carbocycles. The second-order valence-electron chi connectivity index (χ2n) is 6.02. The molecular formula is C16H23ClN2O. The summed E-state index contributed by atoms with van der Waals surface area (Å²) in [6, 6.07) is 9.21. The molecule has 2 aliphatic carbocycles. The van der Waals surface area contributed by atoms with Gasteiger partial charge in [0.25, 0.3) is 0 Å². The Morgan fingerprint density at radius 1 is 1.10 bits per heavy atom. The predicted octanol–water partition coefficient (Wildman–Crippen LogP) is 2.76. The van der Waals surface area contributed by atoms with Crippen LogP contribution >= 0.6 is 12.4 Å². The highest BCUT2D eigenvalue weighted by atomic mass is 35.5. The van der Waals surface area contributed by atoms with Crippen molar-refractivity contribution in [2.45, 2.75) is 31.7 Å². The highest BCUT2D eigenvalue weighted by Gasteiger charge is 2.33. The lowest BCUT2D eigenvalue weighted by atomic mass is 10.1.